The number of nitro groups is 1. The first-order valence-corrected chi connectivity index (χ1v) is 7.15. The standard InChI is InChI=1S/C10H12N2O5S/c1-10(4-5-10)17-9-8(12(13)14)7(3-6-11-9)18(2,15)16/h3,6H,4-5H2,1-2H3. The first-order chi connectivity index (χ1) is 8.23. The second kappa shape index (κ2) is 3.91. The Morgan fingerprint density at radius 3 is 2.56 bits per heavy atom. The highest BCUT2D eigenvalue weighted by Crippen LogP contribution is 2.42. The van der Waals surface area contributed by atoms with E-state index in [1.807, 2.05) is 0 Å². The molecule has 2 rings (SSSR count). The number of hydrogen-bond acceptors (Lipinski definition) is 6. The van der Waals surface area contributed by atoms with Gasteiger partial charge in [-0.1, -0.05) is 0 Å². The number of rotatable bonds is 4. The Kier molecular flexibility index (Phi) is 2.77. The van der Waals surface area contributed by atoms with Gasteiger partial charge in [-0.25, -0.2) is 13.4 Å². The van der Waals surface area contributed by atoms with Crippen molar-refractivity contribution in [1.82, 2.24) is 4.98 Å². The lowest BCUT2D eigenvalue weighted by Gasteiger charge is -2.12. The van der Waals surface area contributed by atoms with E-state index in [1.54, 1.807) is 6.92 Å². The summed E-state index contributed by atoms with van der Waals surface area (Å²) in [5.74, 6) is -0.233. The van der Waals surface area contributed by atoms with Gasteiger partial charge in [0.1, 0.15) is 5.60 Å². The van der Waals surface area contributed by atoms with E-state index >= 15 is 0 Å². The monoisotopic (exact) mass is 272 g/mol. The Hall–Kier alpha value is -1.70. The summed E-state index contributed by atoms with van der Waals surface area (Å²) < 4.78 is 28.4. The highest BCUT2D eigenvalue weighted by atomic mass is 32.2. The largest absolute Gasteiger partial charge is 0.466 e. The second-order valence-corrected chi connectivity index (χ2v) is 6.53. The smallest absolute Gasteiger partial charge is 0.349 e. The van der Waals surface area contributed by atoms with Gasteiger partial charge < -0.3 is 4.74 Å². The van der Waals surface area contributed by atoms with Crippen LogP contribution in [-0.4, -0.2) is 30.2 Å². The summed E-state index contributed by atoms with van der Waals surface area (Å²) in [5.41, 5.74) is -1.05. The van der Waals surface area contributed by atoms with Gasteiger partial charge in [-0.05, 0) is 25.8 Å². The van der Waals surface area contributed by atoms with E-state index in [0.29, 0.717) is 0 Å². The summed E-state index contributed by atoms with van der Waals surface area (Å²) in [6, 6.07) is 1.11. The minimum Gasteiger partial charge on any atom is -0.466 e. The van der Waals surface area contributed by atoms with Crippen molar-refractivity contribution in [3.63, 3.8) is 0 Å². The van der Waals surface area contributed by atoms with Crippen molar-refractivity contribution in [2.75, 3.05) is 6.26 Å². The van der Waals surface area contributed by atoms with Gasteiger partial charge in [0.05, 0.1) is 4.92 Å². The van der Waals surface area contributed by atoms with Gasteiger partial charge in [-0.15, -0.1) is 0 Å². The summed E-state index contributed by atoms with van der Waals surface area (Å²) in [4.78, 5) is 13.6. The third-order valence-electron chi connectivity index (χ3n) is 2.73. The number of sulfone groups is 1. The van der Waals surface area contributed by atoms with Gasteiger partial charge in [0.2, 0.25) is 0 Å². The van der Waals surface area contributed by atoms with Crippen LogP contribution in [0.5, 0.6) is 5.88 Å². The van der Waals surface area contributed by atoms with E-state index in [-0.39, 0.29) is 10.8 Å². The normalized spacial score (nSPS) is 17.2. The zero-order valence-corrected chi connectivity index (χ0v) is 10.7. The third kappa shape index (κ3) is 2.42. The lowest BCUT2D eigenvalue weighted by atomic mass is 10.4. The maximum atomic E-state index is 11.5. The van der Waals surface area contributed by atoms with Crippen molar-refractivity contribution in [3.8, 4) is 5.88 Å². The molecule has 1 aromatic heterocycles. The van der Waals surface area contributed by atoms with Gasteiger partial charge in [0, 0.05) is 12.5 Å². The van der Waals surface area contributed by atoms with Gasteiger partial charge >= 0.3 is 5.69 Å². The molecule has 98 valence electrons. The molecular formula is C10H12N2O5S. The van der Waals surface area contributed by atoms with Crippen molar-refractivity contribution < 1.29 is 18.1 Å². The van der Waals surface area contributed by atoms with Crippen LogP contribution >= 0.6 is 0 Å². The molecule has 1 saturated carbocycles. The zero-order chi connectivity index (χ0) is 13.6. The minimum atomic E-state index is -3.70. The summed E-state index contributed by atoms with van der Waals surface area (Å²) >= 11 is 0. The minimum absolute atomic E-state index is 0.233. The van der Waals surface area contributed by atoms with E-state index in [4.69, 9.17) is 4.74 Å². The summed E-state index contributed by atoms with van der Waals surface area (Å²) in [5, 5.41) is 11.0. The highest BCUT2D eigenvalue weighted by Gasteiger charge is 2.43. The molecule has 8 heteroatoms. The lowest BCUT2D eigenvalue weighted by molar-refractivity contribution is -0.389. The van der Waals surface area contributed by atoms with Crippen LogP contribution in [0.25, 0.3) is 0 Å². The molecule has 0 aliphatic heterocycles. The van der Waals surface area contributed by atoms with Crippen LogP contribution in [0.2, 0.25) is 0 Å². The van der Waals surface area contributed by atoms with E-state index in [0.717, 1.165) is 25.2 Å². The Morgan fingerprint density at radius 2 is 2.11 bits per heavy atom. The molecule has 0 amide bonds. The predicted molar refractivity (Wildman–Crippen MR) is 62.3 cm³/mol. The van der Waals surface area contributed by atoms with Crippen LogP contribution in [0.15, 0.2) is 17.2 Å². The lowest BCUT2D eigenvalue weighted by Crippen LogP contribution is -2.15. The molecule has 1 fully saturated rings. The molecular weight excluding hydrogens is 260 g/mol. The second-order valence-electron chi connectivity index (χ2n) is 4.54. The number of ether oxygens (including phenoxy) is 1. The summed E-state index contributed by atoms with van der Waals surface area (Å²) in [6.07, 6.45) is 3.66. The molecule has 1 heterocycles. The van der Waals surface area contributed by atoms with Crippen molar-refractivity contribution in [2.24, 2.45) is 0 Å². The molecule has 1 aliphatic carbocycles. The molecule has 0 spiro atoms. The summed E-state index contributed by atoms with van der Waals surface area (Å²) in [6.45, 7) is 1.80. The van der Waals surface area contributed by atoms with Gasteiger partial charge in [-0.2, -0.15) is 0 Å². The van der Waals surface area contributed by atoms with Crippen LogP contribution in [0.3, 0.4) is 0 Å². The van der Waals surface area contributed by atoms with Crippen LogP contribution in [-0.2, 0) is 9.84 Å². The van der Waals surface area contributed by atoms with E-state index in [2.05, 4.69) is 4.98 Å². The van der Waals surface area contributed by atoms with Crippen molar-refractivity contribution in [3.05, 3.63) is 22.4 Å². The van der Waals surface area contributed by atoms with E-state index in [1.165, 1.54) is 6.20 Å². The molecule has 0 atom stereocenters. The maximum absolute atomic E-state index is 11.5. The average Bonchev–Trinajstić information content (AvgIpc) is 2.94. The Bertz CT molecular complexity index is 607. The van der Waals surface area contributed by atoms with E-state index in [9.17, 15) is 18.5 Å². The molecule has 0 radical (unpaired) electrons. The SMILES string of the molecule is CC1(Oc2nccc(S(C)(=O)=O)c2[N+](=O)[O-])CC1. The maximum Gasteiger partial charge on any atom is 0.349 e. The van der Waals surface area contributed by atoms with Gasteiger partial charge in [-0.3, -0.25) is 10.1 Å². The molecule has 0 unspecified atom stereocenters. The van der Waals surface area contributed by atoms with E-state index < -0.39 is 26.0 Å². The molecule has 7 nitrogen and oxygen atoms in total. The zero-order valence-electron chi connectivity index (χ0n) is 9.91. The predicted octanol–water partition coefficient (Wildman–Crippen LogP) is 1.32. The molecule has 0 saturated heterocycles. The molecule has 0 N–H and O–H groups in total. The molecule has 18 heavy (non-hydrogen) atoms. The Labute approximate surface area is 104 Å². The number of hydrogen-bond donors (Lipinski definition) is 0. The van der Waals surface area contributed by atoms with Gasteiger partial charge in [0.15, 0.2) is 14.7 Å². The quantitative estimate of drug-likeness (QED) is 0.605. The first-order valence-electron chi connectivity index (χ1n) is 5.25. The molecule has 0 aromatic carbocycles. The van der Waals surface area contributed by atoms with Gasteiger partial charge in [0.25, 0.3) is 5.88 Å². The van der Waals surface area contributed by atoms with Crippen molar-refractivity contribution in [2.45, 2.75) is 30.3 Å². The van der Waals surface area contributed by atoms with Crippen LogP contribution in [0, 0.1) is 10.1 Å². The topological polar surface area (TPSA) is 99.4 Å². The van der Waals surface area contributed by atoms with Crippen molar-refractivity contribution >= 4 is 15.5 Å². The number of pyridine rings is 1. The fourth-order valence-electron chi connectivity index (χ4n) is 1.47. The first kappa shape index (κ1) is 12.7. The Morgan fingerprint density at radius 1 is 1.50 bits per heavy atom. The number of aromatic nitrogens is 1. The highest BCUT2D eigenvalue weighted by molar-refractivity contribution is 7.90. The molecule has 1 aromatic rings. The average molecular weight is 272 g/mol. The van der Waals surface area contributed by atoms with Crippen molar-refractivity contribution in [1.29, 1.82) is 0 Å². The fourth-order valence-corrected chi connectivity index (χ4v) is 2.29. The van der Waals surface area contributed by atoms with Crippen LogP contribution in [0.4, 0.5) is 5.69 Å². The third-order valence-corrected chi connectivity index (χ3v) is 3.86. The number of nitrogens with zero attached hydrogens (tertiary/aromatic N) is 2. The van der Waals surface area contributed by atoms with Crippen LogP contribution < -0.4 is 4.74 Å². The molecule has 0 bridgehead atoms. The fraction of sp³-hybridized carbons (Fsp3) is 0.500. The van der Waals surface area contributed by atoms with Crippen LogP contribution in [0.1, 0.15) is 19.8 Å². The summed E-state index contributed by atoms with van der Waals surface area (Å²) in [7, 11) is -3.70. The molecule has 1 aliphatic rings. The Balaban J connectivity index is 2.56.